The third-order valence-electron chi connectivity index (χ3n) is 6.21. The largest absolute Gasteiger partial charge is 0.393 e. The number of hydrazine groups is 1. The Morgan fingerprint density at radius 1 is 1.00 bits per heavy atom. The van der Waals surface area contributed by atoms with Crippen molar-refractivity contribution in [1.82, 2.24) is 0 Å². The van der Waals surface area contributed by atoms with E-state index in [1.807, 2.05) is 59.6 Å². The van der Waals surface area contributed by atoms with Gasteiger partial charge in [-0.15, -0.1) is 0 Å². The van der Waals surface area contributed by atoms with Gasteiger partial charge < -0.3 is 15.3 Å². The highest BCUT2D eigenvalue weighted by molar-refractivity contribution is 6.04. The molecule has 5 rings (SSSR count). The van der Waals surface area contributed by atoms with E-state index in [2.05, 4.69) is 21.7 Å². The summed E-state index contributed by atoms with van der Waals surface area (Å²) in [4.78, 5) is 15.0. The number of nitrogens with zero attached hydrogens (tertiary/aromatic N) is 3. The molecular weight excluding hydrogens is 414 g/mol. The van der Waals surface area contributed by atoms with Gasteiger partial charge in [0.1, 0.15) is 0 Å². The predicted molar refractivity (Wildman–Crippen MR) is 129 cm³/mol. The van der Waals surface area contributed by atoms with Gasteiger partial charge in [-0.1, -0.05) is 0 Å². The second-order valence-electron chi connectivity index (χ2n) is 8.45. The van der Waals surface area contributed by atoms with Crippen molar-refractivity contribution in [2.24, 2.45) is 0 Å². The van der Waals surface area contributed by atoms with Gasteiger partial charge in [-0.25, -0.2) is 0 Å². The summed E-state index contributed by atoms with van der Waals surface area (Å²) in [5.74, 6) is -0.148. The Hall–Kier alpha value is -4.02. The van der Waals surface area contributed by atoms with Crippen LogP contribution < -0.4 is 20.7 Å². The number of carbonyl (C=O) groups excluding carboxylic acids is 1. The minimum Gasteiger partial charge on any atom is -0.393 e. The molecule has 1 fully saturated rings. The Morgan fingerprint density at radius 3 is 2.39 bits per heavy atom. The van der Waals surface area contributed by atoms with Crippen molar-refractivity contribution in [1.29, 1.82) is 5.26 Å². The number of anilines is 4. The Balaban J connectivity index is 1.23. The van der Waals surface area contributed by atoms with Gasteiger partial charge in [0.15, 0.2) is 0 Å². The Bertz CT molecular complexity index is 1190. The van der Waals surface area contributed by atoms with Crippen LogP contribution in [0.25, 0.3) is 0 Å². The second-order valence-corrected chi connectivity index (χ2v) is 8.45. The summed E-state index contributed by atoms with van der Waals surface area (Å²) in [5.41, 5.74) is 9.46. The fourth-order valence-corrected chi connectivity index (χ4v) is 4.29. The fraction of sp³-hybridized carbons (Fsp3) is 0.231. The number of piperidine rings is 1. The van der Waals surface area contributed by atoms with E-state index in [0.717, 1.165) is 54.2 Å². The van der Waals surface area contributed by atoms with Crippen molar-refractivity contribution in [2.45, 2.75) is 25.5 Å². The lowest BCUT2D eigenvalue weighted by molar-refractivity contribution is 0.102. The van der Waals surface area contributed by atoms with E-state index in [0.29, 0.717) is 17.7 Å². The quantitative estimate of drug-likeness (QED) is 0.567. The molecule has 7 heteroatoms. The molecule has 33 heavy (non-hydrogen) atoms. The van der Waals surface area contributed by atoms with Crippen LogP contribution in [-0.4, -0.2) is 30.2 Å². The van der Waals surface area contributed by atoms with Crippen molar-refractivity contribution in [2.75, 3.05) is 33.7 Å². The lowest BCUT2D eigenvalue weighted by Gasteiger charge is -2.31. The number of nitrogens with one attached hydrogen (secondary N) is 2. The molecule has 2 aliphatic rings. The van der Waals surface area contributed by atoms with Gasteiger partial charge in [-0.2, -0.15) is 5.26 Å². The second kappa shape index (κ2) is 8.85. The highest BCUT2D eigenvalue weighted by Gasteiger charge is 2.20. The van der Waals surface area contributed by atoms with Crippen molar-refractivity contribution >= 4 is 28.7 Å². The minimum atomic E-state index is -0.204. The number of rotatable bonds is 4. The van der Waals surface area contributed by atoms with Crippen LogP contribution in [0.1, 0.15) is 34.3 Å². The number of amides is 1. The van der Waals surface area contributed by atoms with E-state index in [1.165, 1.54) is 0 Å². The van der Waals surface area contributed by atoms with Gasteiger partial charge in [-0.05, 0) is 79.6 Å². The molecule has 1 amide bonds. The highest BCUT2D eigenvalue weighted by Crippen LogP contribution is 2.31. The Kier molecular flexibility index (Phi) is 5.59. The fourth-order valence-electron chi connectivity index (χ4n) is 4.29. The molecule has 0 aliphatic carbocycles. The van der Waals surface area contributed by atoms with Crippen molar-refractivity contribution in [3.63, 3.8) is 0 Å². The molecule has 0 radical (unpaired) electrons. The summed E-state index contributed by atoms with van der Waals surface area (Å²) in [6.45, 7) is 2.31. The maximum atomic E-state index is 12.8. The van der Waals surface area contributed by atoms with E-state index >= 15 is 0 Å². The average Bonchev–Trinajstić information content (AvgIpc) is 3.28. The zero-order valence-electron chi connectivity index (χ0n) is 18.2. The standard InChI is InChI=1S/C26H25N5O2/c27-16-18-1-6-23(7-2-18)31-17-20-15-21(5-10-25(20)29-31)28-26(33)19-3-8-22(9-4-19)30-13-11-24(32)12-14-30/h1-10,15,24,29,32H,11-14,17H2,(H,28,33). The molecule has 2 heterocycles. The van der Waals surface area contributed by atoms with Crippen LogP contribution in [0.2, 0.25) is 0 Å². The maximum Gasteiger partial charge on any atom is 0.255 e. The Morgan fingerprint density at radius 2 is 1.70 bits per heavy atom. The third-order valence-corrected chi connectivity index (χ3v) is 6.21. The monoisotopic (exact) mass is 439 g/mol. The first kappa shape index (κ1) is 20.9. The van der Waals surface area contributed by atoms with Crippen molar-refractivity contribution < 1.29 is 9.90 Å². The first-order valence-corrected chi connectivity index (χ1v) is 11.1. The van der Waals surface area contributed by atoms with Gasteiger partial charge in [-0.3, -0.25) is 15.2 Å². The van der Waals surface area contributed by atoms with Gasteiger partial charge in [0.05, 0.1) is 35.7 Å². The summed E-state index contributed by atoms with van der Waals surface area (Å²) in [7, 11) is 0. The summed E-state index contributed by atoms with van der Waals surface area (Å²) >= 11 is 0. The van der Waals surface area contributed by atoms with Crippen LogP contribution in [0.15, 0.2) is 66.7 Å². The smallest absolute Gasteiger partial charge is 0.255 e. The molecule has 0 unspecified atom stereocenters. The normalized spacial score (nSPS) is 15.5. The van der Waals surface area contributed by atoms with E-state index in [9.17, 15) is 9.90 Å². The first-order valence-electron chi connectivity index (χ1n) is 11.1. The van der Waals surface area contributed by atoms with Crippen molar-refractivity contribution in [3.8, 4) is 6.07 Å². The highest BCUT2D eigenvalue weighted by atomic mass is 16.3. The van der Waals surface area contributed by atoms with E-state index in [1.54, 1.807) is 12.1 Å². The molecule has 166 valence electrons. The van der Waals surface area contributed by atoms with Gasteiger partial charge in [0, 0.05) is 35.6 Å². The number of aliphatic hydroxyl groups excluding tert-OH is 1. The number of aliphatic hydroxyl groups is 1. The number of hydrogen-bond donors (Lipinski definition) is 3. The van der Waals surface area contributed by atoms with Gasteiger partial charge in [0.25, 0.3) is 5.91 Å². The van der Waals surface area contributed by atoms with Crippen LogP contribution >= 0.6 is 0 Å². The molecule has 0 aromatic heterocycles. The molecule has 1 saturated heterocycles. The number of hydrogen-bond acceptors (Lipinski definition) is 6. The van der Waals surface area contributed by atoms with Gasteiger partial charge >= 0.3 is 0 Å². The number of fused-ring (bicyclic) bond motifs is 1. The van der Waals surface area contributed by atoms with Crippen LogP contribution in [0.3, 0.4) is 0 Å². The lowest BCUT2D eigenvalue weighted by atomic mass is 10.1. The first-order chi connectivity index (χ1) is 16.1. The zero-order valence-corrected chi connectivity index (χ0v) is 18.2. The zero-order chi connectivity index (χ0) is 22.8. The molecule has 0 spiro atoms. The summed E-state index contributed by atoms with van der Waals surface area (Å²) in [6, 6.07) is 23.0. The summed E-state index contributed by atoms with van der Waals surface area (Å²) < 4.78 is 0. The van der Waals surface area contributed by atoms with Crippen LogP contribution in [0, 0.1) is 11.3 Å². The summed E-state index contributed by atoms with van der Waals surface area (Å²) in [5, 5.41) is 23.7. The molecule has 3 N–H and O–H groups in total. The van der Waals surface area contributed by atoms with Crippen molar-refractivity contribution in [3.05, 3.63) is 83.4 Å². The minimum absolute atomic E-state index is 0.148. The van der Waals surface area contributed by atoms with Crippen LogP contribution in [-0.2, 0) is 6.54 Å². The molecule has 3 aromatic carbocycles. The summed E-state index contributed by atoms with van der Waals surface area (Å²) in [6.07, 6.45) is 1.35. The molecule has 7 nitrogen and oxygen atoms in total. The number of nitriles is 1. The third kappa shape index (κ3) is 4.47. The SMILES string of the molecule is N#Cc1ccc(N2Cc3cc(NC(=O)c4ccc(N5CCC(O)CC5)cc4)ccc3N2)cc1. The number of benzene rings is 3. The van der Waals surface area contributed by atoms with Crippen LogP contribution in [0.5, 0.6) is 0 Å². The van der Waals surface area contributed by atoms with E-state index in [-0.39, 0.29) is 12.0 Å². The predicted octanol–water partition coefficient (Wildman–Crippen LogP) is 4.12. The molecule has 2 aliphatic heterocycles. The lowest BCUT2D eigenvalue weighted by Crippen LogP contribution is -2.35. The Labute approximate surface area is 192 Å². The molecule has 3 aromatic rings. The molecule has 0 atom stereocenters. The van der Waals surface area contributed by atoms with E-state index in [4.69, 9.17) is 5.26 Å². The average molecular weight is 440 g/mol. The molecule has 0 saturated carbocycles. The van der Waals surface area contributed by atoms with Crippen LogP contribution in [0.4, 0.5) is 22.7 Å². The van der Waals surface area contributed by atoms with Gasteiger partial charge in [0.2, 0.25) is 0 Å². The number of carbonyl (C=O) groups is 1. The van der Waals surface area contributed by atoms with E-state index < -0.39 is 0 Å². The molecule has 0 bridgehead atoms. The topological polar surface area (TPSA) is 91.6 Å². The maximum absolute atomic E-state index is 12.8. The molecular formula is C26H25N5O2.